The lowest BCUT2D eigenvalue weighted by Crippen LogP contribution is -2.47. The van der Waals surface area contributed by atoms with Gasteiger partial charge in [-0.3, -0.25) is 19.7 Å². The van der Waals surface area contributed by atoms with Crippen LogP contribution in [0.2, 0.25) is 5.02 Å². The summed E-state index contributed by atoms with van der Waals surface area (Å²) in [7, 11) is 1.91. The molecule has 1 heterocycles. The SMILES string of the molecule is CCOC(=O)CN1Cc2cc(OCCCC(=O)N(C)C3CCCCC3)ccc2N=C1NC(=O)c1ccc(Cl)cc1. The third-order valence-corrected chi connectivity index (χ3v) is 7.47. The highest BCUT2D eigenvalue weighted by atomic mass is 35.5. The van der Waals surface area contributed by atoms with Gasteiger partial charge in [0.25, 0.3) is 5.91 Å². The van der Waals surface area contributed by atoms with E-state index in [-0.39, 0.29) is 30.9 Å². The molecule has 0 atom stereocenters. The average molecular weight is 569 g/mol. The van der Waals surface area contributed by atoms with Crippen LogP contribution in [0, 0.1) is 0 Å². The second kappa shape index (κ2) is 14.2. The van der Waals surface area contributed by atoms with E-state index < -0.39 is 5.97 Å². The van der Waals surface area contributed by atoms with Crippen LogP contribution in [0.5, 0.6) is 5.75 Å². The minimum absolute atomic E-state index is 0.0747. The van der Waals surface area contributed by atoms with Crippen LogP contribution in [-0.4, -0.2) is 66.4 Å². The molecule has 1 aliphatic carbocycles. The lowest BCUT2D eigenvalue weighted by Gasteiger charge is -2.31. The second-order valence-electron chi connectivity index (χ2n) is 10.1. The third-order valence-electron chi connectivity index (χ3n) is 7.21. The van der Waals surface area contributed by atoms with Crippen LogP contribution >= 0.6 is 11.6 Å². The summed E-state index contributed by atoms with van der Waals surface area (Å²) in [4.78, 5) is 46.0. The number of aliphatic imine (C=N–C) groups is 1. The van der Waals surface area contributed by atoms with Gasteiger partial charge in [-0.1, -0.05) is 30.9 Å². The molecule has 1 saturated carbocycles. The molecule has 0 spiro atoms. The first kappa shape index (κ1) is 29.4. The molecule has 2 amide bonds. The quantitative estimate of drug-likeness (QED) is 0.317. The highest BCUT2D eigenvalue weighted by molar-refractivity contribution is 6.30. The Balaban J connectivity index is 1.38. The Hall–Kier alpha value is -3.59. The van der Waals surface area contributed by atoms with Crippen molar-refractivity contribution in [3.8, 4) is 5.75 Å². The van der Waals surface area contributed by atoms with Crippen molar-refractivity contribution in [1.29, 1.82) is 0 Å². The summed E-state index contributed by atoms with van der Waals surface area (Å²) in [5, 5.41) is 3.34. The molecule has 1 fully saturated rings. The van der Waals surface area contributed by atoms with Crippen molar-refractivity contribution in [3.63, 3.8) is 0 Å². The van der Waals surface area contributed by atoms with Crippen molar-refractivity contribution in [2.24, 2.45) is 4.99 Å². The highest BCUT2D eigenvalue weighted by Gasteiger charge is 2.25. The first-order chi connectivity index (χ1) is 19.3. The molecule has 1 aliphatic heterocycles. The van der Waals surface area contributed by atoms with Crippen molar-refractivity contribution in [2.45, 2.75) is 64.5 Å². The fourth-order valence-electron chi connectivity index (χ4n) is 4.99. The van der Waals surface area contributed by atoms with E-state index in [0.717, 1.165) is 18.4 Å². The Morgan fingerprint density at radius 1 is 1.10 bits per heavy atom. The first-order valence-corrected chi connectivity index (χ1v) is 14.3. The van der Waals surface area contributed by atoms with Gasteiger partial charge in [-0.2, -0.15) is 0 Å². The number of rotatable bonds is 10. The number of fused-ring (bicyclic) bond motifs is 1. The Morgan fingerprint density at radius 2 is 1.85 bits per heavy atom. The van der Waals surface area contributed by atoms with Gasteiger partial charge in [0.05, 0.1) is 18.9 Å². The zero-order chi connectivity index (χ0) is 28.5. The van der Waals surface area contributed by atoms with Crippen molar-refractivity contribution in [2.75, 3.05) is 26.8 Å². The van der Waals surface area contributed by atoms with E-state index in [1.807, 2.05) is 30.1 Å². The van der Waals surface area contributed by atoms with Gasteiger partial charge in [-0.05, 0) is 68.7 Å². The predicted octanol–water partition coefficient (Wildman–Crippen LogP) is 5.09. The zero-order valence-corrected chi connectivity index (χ0v) is 23.9. The molecular formula is C30H37ClN4O5. The molecule has 40 heavy (non-hydrogen) atoms. The van der Waals surface area contributed by atoms with Gasteiger partial charge in [-0.25, -0.2) is 4.99 Å². The minimum Gasteiger partial charge on any atom is -0.494 e. The summed E-state index contributed by atoms with van der Waals surface area (Å²) in [5.41, 5.74) is 1.93. The standard InChI is InChI=1S/C30H37ClN4O5/c1-3-39-28(37)20-35-19-22-18-25(40-17-7-10-27(36)34(2)24-8-5-4-6-9-24)15-16-26(22)32-30(35)33-29(38)21-11-13-23(31)14-12-21/h11-16,18,24H,3-10,17,19-20H2,1-2H3,(H,32,33,38). The second-order valence-corrected chi connectivity index (χ2v) is 10.5. The van der Waals surface area contributed by atoms with Gasteiger partial charge in [0, 0.05) is 42.2 Å². The number of halogens is 1. The maximum atomic E-state index is 12.8. The molecule has 0 saturated heterocycles. The Bertz CT molecular complexity index is 1230. The molecule has 10 heteroatoms. The van der Waals surface area contributed by atoms with E-state index in [1.165, 1.54) is 19.3 Å². The van der Waals surface area contributed by atoms with Crippen molar-refractivity contribution in [3.05, 3.63) is 58.6 Å². The van der Waals surface area contributed by atoms with Crippen LogP contribution in [-0.2, 0) is 20.9 Å². The number of hydrogen-bond acceptors (Lipinski definition) is 7. The molecular weight excluding hydrogens is 532 g/mol. The topological polar surface area (TPSA) is 101 Å². The smallest absolute Gasteiger partial charge is 0.325 e. The number of nitrogens with one attached hydrogen (secondary N) is 1. The third kappa shape index (κ3) is 7.97. The number of hydrogen-bond donors (Lipinski definition) is 1. The fourth-order valence-corrected chi connectivity index (χ4v) is 5.12. The normalized spacial score (nSPS) is 15.1. The molecule has 2 aliphatic rings. The van der Waals surface area contributed by atoms with Crippen molar-refractivity contribution < 1.29 is 23.9 Å². The Kier molecular flexibility index (Phi) is 10.4. The summed E-state index contributed by atoms with van der Waals surface area (Å²) in [6.45, 7) is 2.67. The van der Waals surface area contributed by atoms with Gasteiger partial charge >= 0.3 is 5.97 Å². The van der Waals surface area contributed by atoms with Gasteiger partial charge < -0.3 is 19.3 Å². The van der Waals surface area contributed by atoms with Gasteiger partial charge in [0.1, 0.15) is 12.3 Å². The Labute approximate surface area is 240 Å². The lowest BCUT2D eigenvalue weighted by molar-refractivity contribution is -0.143. The first-order valence-electron chi connectivity index (χ1n) is 13.9. The molecule has 9 nitrogen and oxygen atoms in total. The molecule has 0 radical (unpaired) electrons. The number of ether oxygens (including phenoxy) is 2. The van der Waals surface area contributed by atoms with E-state index in [1.54, 1.807) is 36.1 Å². The van der Waals surface area contributed by atoms with Crippen molar-refractivity contribution >= 4 is 41.0 Å². The molecule has 0 bridgehead atoms. The van der Waals surface area contributed by atoms with Crippen LogP contribution in [0.4, 0.5) is 5.69 Å². The molecule has 2 aromatic carbocycles. The maximum Gasteiger partial charge on any atom is 0.325 e. The Morgan fingerprint density at radius 3 is 2.58 bits per heavy atom. The molecule has 1 N–H and O–H groups in total. The van der Waals surface area contributed by atoms with Gasteiger partial charge in [-0.15, -0.1) is 0 Å². The molecule has 214 valence electrons. The number of guanidine groups is 1. The molecule has 2 aromatic rings. The van der Waals surface area contributed by atoms with Crippen molar-refractivity contribution in [1.82, 2.24) is 15.1 Å². The average Bonchev–Trinajstić information content (AvgIpc) is 2.96. The van der Waals surface area contributed by atoms with Crippen LogP contribution in [0.15, 0.2) is 47.5 Å². The summed E-state index contributed by atoms with van der Waals surface area (Å²) in [6, 6.07) is 12.4. The van der Waals surface area contributed by atoms with Gasteiger partial charge in [0.2, 0.25) is 11.9 Å². The maximum absolute atomic E-state index is 12.8. The zero-order valence-electron chi connectivity index (χ0n) is 23.2. The summed E-state index contributed by atoms with van der Waals surface area (Å²) in [6.07, 6.45) is 6.92. The molecule has 0 unspecified atom stereocenters. The fraction of sp³-hybridized carbons (Fsp3) is 0.467. The largest absolute Gasteiger partial charge is 0.494 e. The number of benzene rings is 2. The van der Waals surface area contributed by atoms with E-state index in [4.69, 9.17) is 21.1 Å². The summed E-state index contributed by atoms with van der Waals surface area (Å²) in [5.74, 6) is 0.297. The summed E-state index contributed by atoms with van der Waals surface area (Å²) < 4.78 is 11.1. The van der Waals surface area contributed by atoms with E-state index in [2.05, 4.69) is 10.3 Å². The van der Waals surface area contributed by atoms with Crippen LogP contribution in [0.3, 0.4) is 0 Å². The van der Waals surface area contributed by atoms with E-state index in [9.17, 15) is 14.4 Å². The van der Waals surface area contributed by atoms with Crippen LogP contribution in [0.25, 0.3) is 0 Å². The monoisotopic (exact) mass is 568 g/mol. The van der Waals surface area contributed by atoms with Crippen LogP contribution in [0.1, 0.15) is 67.8 Å². The number of esters is 1. The molecule has 0 aromatic heterocycles. The number of carbonyl (C=O) groups is 3. The van der Waals surface area contributed by atoms with Crippen LogP contribution < -0.4 is 10.1 Å². The van der Waals surface area contributed by atoms with E-state index >= 15 is 0 Å². The van der Waals surface area contributed by atoms with Gasteiger partial charge in [0.15, 0.2) is 0 Å². The number of carbonyl (C=O) groups excluding carboxylic acids is 3. The molecule has 4 rings (SSSR count). The lowest BCUT2D eigenvalue weighted by atomic mass is 9.94. The number of nitrogens with zero attached hydrogens (tertiary/aromatic N) is 3. The predicted molar refractivity (Wildman–Crippen MR) is 154 cm³/mol. The number of amides is 2. The highest BCUT2D eigenvalue weighted by Crippen LogP contribution is 2.30. The van der Waals surface area contributed by atoms with E-state index in [0.29, 0.717) is 54.1 Å². The minimum atomic E-state index is -0.422. The summed E-state index contributed by atoms with van der Waals surface area (Å²) >= 11 is 5.94.